The number of carboxylic acids is 1. The second-order valence-electron chi connectivity index (χ2n) is 7.50. The van der Waals surface area contributed by atoms with Crippen molar-refractivity contribution in [1.82, 2.24) is 10.3 Å². The molecule has 7 heteroatoms. The Balaban J connectivity index is 1.34. The van der Waals surface area contributed by atoms with Gasteiger partial charge in [0.05, 0.1) is 5.02 Å². The number of halogens is 2. The van der Waals surface area contributed by atoms with E-state index in [1.165, 1.54) is 12.1 Å². The normalized spacial score (nSPS) is 12.1. The maximum atomic E-state index is 13.1. The summed E-state index contributed by atoms with van der Waals surface area (Å²) in [6, 6.07) is 18.7. The minimum absolute atomic E-state index is 0.225. The average Bonchev–Trinajstić information content (AvgIpc) is 3.19. The number of aliphatic carboxylic acids is 1. The monoisotopic (exact) mass is 452 g/mol. The highest BCUT2D eigenvalue weighted by atomic mass is 35.5. The van der Waals surface area contributed by atoms with Crippen molar-refractivity contribution in [3.05, 3.63) is 100 Å². The van der Waals surface area contributed by atoms with Gasteiger partial charge in [0.2, 0.25) is 0 Å². The molecule has 4 aromatic rings. The Morgan fingerprint density at radius 2 is 1.88 bits per heavy atom. The number of rotatable bonds is 9. The van der Waals surface area contributed by atoms with Crippen LogP contribution in [0.3, 0.4) is 0 Å². The van der Waals surface area contributed by atoms with Gasteiger partial charge in [-0.15, -0.1) is 0 Å². The summed E-state index contributed by atoms with van der Waals surface area (Å²) in [4.78, 5) is 15.0. The van der Waals surface area contributed by atoms with Crippen LogP contribution in [0.4, 0.5) is 4.39 Å². The zero-order valence-electron chi connectivity index (χ0n) is 17.1. The highest BCUT2D eigenvalue weighted by Gasteiger charge is 2.19. The summed E-state index contributed by atoms with van der Waals surface area (Å²) in [5, 5.41) is 14.1. The number of fused-ring (bicyclic) bond motifs is 1. The van der Waals surface area contributed by atoms with Crippen molar-refractivity contribution in [2.24, 2.45) is 0 Å². The predicted octanol–water partition coefficient (Wildman–Crippen LogP) is 5.32. The van der Waals surface area contributed by atoms with Crippen LogP contribution in [-0.4, -0.2) is 22.1 Å². The molecule has 1 unspecified atom stereocenters. The molecule has 0 radical (unpaired) electrons. The molecule has 4 rings (SSSR count). The van der Waals surface area contributed by atoms with Gasteiger partial charge in [0.1, 0.15) is 24.2 Å². The largest absolute Gasteiger partial charge is 0.489 e. The summed E-state index contributed by atoms with van der Waals surface area (Å²) >= 11 is 6.02. The van der Waals surface area contributed by atoms with Crippen LogP contribution in [-0.2, 0) is 24.4 Å². The lowest BCUT2D eigenvalue weighted by atomic mass is 10.0. The number of para-hydroxylation sites is 1. The van der Waals surface area contributed by atoms with Crippen molar-refractivity contribution in [1.29, 1.82) is 0 Å². The lowest BCUT2D eigenvalue weighted by Crippen LogP contribution is -2.38. The average molecular weight is 453 g/mol. The standard InChI is InChI=1S/C25H22ClFN2O3/c26-22-12-19(27)8-7-17(22)15-32-20-9-5-16(6-10-20)13-28-24(25(30)31)11-18-14-29-23-4-2-1-3-21(18)23/h1-10,12,14,24,28-29H,11,13,15H2,(H,30,31). The Kier molecular flexibility index (Phi) is 6.73. The number of carbonyl (C=O) groups is 1. The van der Waals surface area contributed by atoms with Crippen LogP contribution in [0.2, 0.25) is 5.02 Å². The number of H-pyrrole nitrogens is 1. The van der Waals surface area contributed by atoms with Crippen LogP contribution in [0, 0.1) is 5.82 Å². The Bertz CT molecular complexity index is 1220. The smallest absolute Gasteiger partial charge is 0.321 e. The molecular weight excluding hydrogens is 431 g/mol. The molecule has 1 heterocycles. The van der Waals surface area contributed by atoms with Gasteiger partial charge in [-0.25, -0.2) is 4.39 Å². The maximum absolute atomic E-state index is 13.1. The Morgan fingerprint density at radius 3 is 2.62 bits per heavy atom. The molecule has 0 saturated carbocycles. The van der Waals surface area contributed by atoms with Crippen molar-refractivity contribution < 1.29 is 19.0 Å². The zero-order chi connectivity index (χ0) is 22.5. The van der Waals surface area contributed by atoms with Gasteiger partial charge < -0.3 is 20.1 Å². The highest BCUT2D eigenvalue weighted by molar-refractivity contribution is 6.31. The second-order valence-corrected chi connectivity index (χ2v) is 7.91. The molecule has 1 atom stereocenters. The van der Waals surface area contributed by atoms with Gasteiger partial charge in [0.15, 0.2) is 0 Å². The summed E-state index contributed by atoms with van der Waals surface area (Å²) < 4.78 is 18.9. The summed E-state index contributed by atoms with van der Waals surface area (Å²) in [6.07, 6.45) is 2.24. The van der Waals surface area contributed by atoms with E-state index >= 15 is 0 Å². The third-order valence-corrected chi connectivity index (χ3v) is 5.63. The number of benzene rings is 3. The maximum Gasteiger partial charge on any atom is 0.321 e. The fourth-order valence-electron chi connectivity index (χ4n) is 3.51. The van der Waals surface area contributed by atoms with Crippen LogP contribution in [0.1, 0.15) is 16.7 Å². The molecule has 0 amide bonds. The number of ether oxygens (including phenoxy) is 1. The summed E-state index contributed by atoms with van der Waals surface area (Å²) in [6.45, 7) is 0.631. The van der Waals surface area contributed by atoms with E-state index in [1.54, 1.807) is 6.07 Å². The van der Waals surface area contributed by atoms with Crippen LogP contribution < -0.4 is 10.1 Å². The van der Waals surface area contributed by atoms with Crippen molar-refractivity contribution in [2.45, 2.75) is 25.6 Å². The number of nitrogens with one attached hydrogen (secondary N) is 2. The van der Waals surface area contributed by atoms with Gasteiger partial charge in [-0.05, 0) is 41.5 Å². The lowest BCUT2D eigenvalue weighted by Gasteiger charge is -2.15. The van der Waals surface area contributed by atoms with Crippen LogP contribution in [0.5, 0.6) is 5.75 Å². The number of hydrogen-bond donors (Lipinski definition) is 3. The predicted molar refractivity (Wildman–Crippen MR) is 122 cm³/mol. The van der Waals surface area contributed by atoms with Gasteiger partial charge in [0, 0.05) is 35.6 Å². The van der Waals surface area contributed by atoms with Gasteiger partial charge >= 0.3 is 5.97 Å². The summed E-state index contributed by atoms with van der Waals surface area (Å²) in [7, 11) is 0. The van der Waals surface area contributed by atoms with Crippen molar-refractivity contribution in [2.75, 3.05) is 0 Å². The third-order valence-electron chi connectivity index (χ3n) is 5.28. The molecule has 0 saturated heterocycles. The quantitative estimate of drug-likeness (QED) is 0.321. The van der Waals surface area contributed by atoms with E-state index in [9.17, 15) is 14.3 Å². The molecule has 0 spiro atoms. The molecule has 3 N–H and O–H groups in total. The Hall–Kier alpha value is -3.35. The number of carboxylic acid groups (broad SMARTS) is 1. The van der Waals surface area contributed by atoms with E-state index in [1.807, 2.05) is 54.7 Å². The highest BCUT2D eigenvalue weighted by Crippen LogP contribution is 2.21. The fraction of sp³-hybridized carbons (Fsp3) is 0.160. The van der Waals surface area contributed by atoms with Gasteiger partial charge in [0.25, 0.3) is 0 Å². The topological polar surface area (TPSA) is 74.3 Å². The van der Waals surface area contributed by atoms with E-state index in [2.05, 4.69) is 10.3 Å². The zero-order valence-corrected chi connectivity index (χ0v) is 17.9. The Labute approximate surface area is 189 Å². The molecule has 0 bridgehead atoms. The molecule has 3 aromatic carbocycles. The van der Waals surface area contributed by atoms with Crippen molar-refractivity contribution in [3.8, 4) is 5.75 Å². The molecule has 5 nitrogen and oxygen atoms in total. The number of aromatic nitrogens is 1. The van der Waals surface area contributed by atoms with Gasteiger partial charge in [-0.2, -0.15) is 0 Å². The first-order chi connectivity index (χ1) is 15.5. The Morgan fingerprint density at radius 1 is 1.09 bits per heavy atom. The third kappa shape index (κ3) is 5.28. The second kappa shape index (κ2) is 9.85. The molecule has 0 aliphatic rings. The van der Waals surface area contributed by atoms with E-state index in [-0.39, 0.29) is 12.4 Å². The van der Waals surface area contributed by atoms with E-state index in [4.69, 9.17) is 16.3 Å². The molecule has 164 valence electrons. The molecule has 0 aliphatic heterocycles. The van der Waals surface area contributed by atoms with Crippen LogP contribution >= 0.6 is 11.6 Å². The first kappa shape index (κ1) is 21.9. The molecule has 0 aliphatic carbocycles. The van der Waals surface area contributed by atoms with Crippen LogP contribution in [0.15, 0.2) is 72.9 Å². The minimum atomic E-state index is -0.897. The van der Waals surface area contributed by atoms with Crippen molar-refractivity contribution in [3.63, 3.8) is 0 Å². The number of aromatic amines is 1. The molecule has 0 fully saturated rings. The minimum Gasteiger partial charge on any atom is -0.489 e. The first-order valence-corrected chi connectivity index (χ1v) is 10.5. The van der Waals surface area contributed by atoms with Crippen molar-refractivity contribution >= 4 is 28.5 Å². The van der Waals surface area contributed by atoms with E-state index < -0.39 is 12.0 Å². The van der Waals surface area contributed by atoms with Gasteiger partial charge in [-0.3, -0.25) is 4.79 Å². The summed E-state index contributed by atoms with van der Waals surface area (Å²) in [5.41, 5.74) is 3.58. The number of hydrogen-bond acceptors (Lipinski definition) is 3. The van der Waals surface area contributed by atoms with E-state index in [0.717, 1.165) is 22.0 Å². The SMILES string of the molecule is O=C(O)C(Cc1c[nH]c2ccccc12)NCc1ccc(OCc2ccc(F)cc2Cl)cc1. The van der Waals surface area contributed by atoms with Gasteiger partial charge in [-0.1, -0.05) is 48.0 Å². The summed E-state index contributed by atoms with van der Waals surface area (Å²) in [5.74, 6) is -0.644. The fourth-order valence-corrected chi connectivity index (χ4v) is 3.73. The molecule has 1 aromatic heterocycles. The molecular formula is C25H22ClFN2O3. The van der Waals surface area contributed by atoms with E-state index in [0.29, 0.717) is 29.3 Å². The molecule has 32 heavy (non-hydrogen) atoms. The first-order valence-electron chi connectivity index (χ1n) is 10.2. The van der Waals surface area contributed by atoms with Crippen LogP contribution in [0.25, 0.3) is 10.9 Å². The lowest BCUT2D eigenvalue weighted by molar-refractivity contribution is -0.139.